The van der Waals surface area contributed by atoms with E-state index in [0.717, 1.165) is 10.5 Å². The van der Waals surface area contributed by atoms with E-state index in [1.165, 1.54) is 23.7 Å². The number of rotatable bonds is 4. The molecule has 0 N–H and O–H groups in total. The number of urea groups is 1. The van der Waals surface area contributed by atoms with Gasteiger partial charge in [-0.15, -0.1) is 6.58 Å². The molecule has 0 spiro atoms. The molecule has 8 heteroatoms. The Kier molecular flexibility index (Phi) is 4.96. The maximum Gasteiger partial charge on any atom is 0.358 e. The molecule has 1 aromatic carbocycles. The first-order valence-corrected chi connectivity index (χ1v) is 9.06. The molecule has 1 unspecified atom stereocenters. The monoisotopic (exact) mass is 377 g/mol. The van der Waals surface area contributed by atoms with E-state index in [-0.39, 0.29) is 11.9 Å². The van der Waals surface area contributed by atoms with Gasteiger partial charge in [0.25, 0.3) is 17.8 Å². The van der Waals surface area contributed by atoms with E-state index in [1.807, 2.05) is 28.8 Å². The summed E-state index contributed by atoms with van der Waals surface area (Å²) < 4.78 is 1.93. The number of nitrogens with zero attached hydrogens (tertiary/aromatic N) is 4. The minimum atomic E-state index is -0.601. The molecule has 3 amide bonds. The highest BCUT2D eigenvalue weighted by Crippen LogP contribution is 2.24. The average molecular weight is 378 g/mol. The van der Waals surface area contributed by atoms with Gasteiger partial charge in [0.2, 0.25) is 0 Å². The molecular formula is C17H18ClN4O2S+. The maximum atomic E-state index is 12.7. The van der Waals surface area contributed by atoms with E-state index in [2.05, 4.69) is 11.6 Å². The zero-order valence-electron chi connectivity index (χ0n) is 14.0. The Balaban J connectivity index is 1.99. The number of carbonyl (C=O) groups is 2. The fraction of sp³-hybridized carbons (Fsp3) is 0.294. The molecule has 25 heavy (non-hydrogen) atoms. The first kappa shape index (κ1) is 17.7. The molecule has 0 aliphatic carbocycles. The number of fused-ring (bicyclic) bond motifs is 1. The van der Waals surface area contributed by atoms with Crippen molar-refractivity contribution in [1.29, 1.82) is 0 Å². The maximum absolute atomic E-state index is 12.7. The van der Waals surface area contributed by atoms with Crippen LogP contribution in [-0.2, 0) is 11.3 Å². The van der Waals surface area contributed by atoms with Gasteiger partial charge in [-0.25, -0.2) is 9.37 Å². The van der Waals surface area contributed by atoms with E-state index < -0.39 is 6.04 Å². The van der Waals surface area contributed by atoms with Crippen LogP contribution in [0.15, 0.2) is 41.9 Å². The van der Waals surface area contributed by atoms with Crippen molar-refractivity contribution in [3.63, 3.8) is 0 Å². The van der Waals surface area contributed by atoms with Gasteiger partial charge >= 0.3 is 11.2 Å². The van der Waals surface area contributed by atoms with Gasteiger partial charge in [-0.2, -0.15) is 0 Å². The van der Waals surface area contributed by atoms with Crippen LogP contribution in [0, 0.1) is 0 Å². The molecule has 0 saturated carbocycles. The molecule has 0 radical (unpaired) electrons. The zero-order chi connectivity index (χ0) is 18.1. The van der Waals surface area contributed by atoms with Crippen molar-refractivity contribution in [3.8, 4) is 0 Å². The van der Waals surface area contributed by atoms with Gasteiger partial charge in [0.15, 0.2) is 0 Å². The van der Waals surface area contributed by atoms with Gasteiger partial charge in [-0.1, -0.05) is 29.8 Å². The fourth-order valence-corrected chi connectivity index (χ4v) is 3.66. The third-order valence-corrected chi connectivity index (χ3v) is 5.33. The Morgan fingerprint density at radius 3 is 2.60 bits per heavy atom. The minimum absolute atomic E-state index is 0.273. The molecule has 1 aromatic rings. The Morgan fingerprint density at radius 1 is 1.28 bits per heavy atom. The summed E-state index contributed by atoms with van der Waals surface area (Å²) in [5, 5.41) is 1.37. The number of thioether (sulfide) groups is 1. The number of likely N-dealkylation sites (N-methyl/N-ethyl adjacent to an activating group) is 2. The van der Waals surface area contributed by atoms with Gasteiger partial charge in [0.1, 0.15) is 6.54 Å². The molecule has 2 heterocycles. The quantitative estimate of drug-likeness (QED) is 0.598. The molecule has 3 rings (SSSR count). The van der Waals surface area contributed by atoms with Crippen LogP contribution in [0.4, 0.5) is 4.79 Å². The first-order chi connectivity index (χ1) is 11.9. The first-order valence-electron chi connectivity index (χ1n) is 7.69. The van der Waals surface area contributed by atoms with E-state index in [0.29, 0.717) is 28.3 Å². The molecule has 2 aliphatic rings. The smallest absolute Gasteiger partial charge is 0.269 e. The average Bonchev–Trinajstić information content (AvgIpc) is 2.96. The third kappa shape index (κ3) is 3.21. The molecule has 1 fully saturated rings. The van der Waals surface area contributed by atoms with Crippen molar-refractivity contribution in [2.24, 2.45) is 4.99 Å². The van der Waals surface area contributed by atoms with Gasteiger partial charge in [0.05, 0.1) is 0 Å². The predicted molar refractivity (Wildman–Crippen MR) is 100 cm³/mol. The van der Waals surface area contributed by atoms with Crippen LogP contribution < -0.4 is 0 Å². The molecule has 0 bridgehead atoms. The second kappa shape index (κ2) is 7.01. The van der Waals surface area contributed by atoms with Crippen molar-refractivity contribution in [2.75, 3.05) is 19.8 Å². The number of amidine groups is 2. The molecular weight excluding hydrogens is 360 g/mol. The number of aliphatic imine (C=N–C) groups is 1. The lowest BCUT2D eigenvalue weighted by Gasteiger charge is -2.30. The lowest BCUT2D eigenvalue weighted by Crippen LogP contribution is -2.61. The van der Waals surface area contributed by atoms with E-state index in [4.69, 9.17) is 11.6 Å². The summed E-state index contributed by atoms with van der Waals surface area (Å²) in [5.74, 6) is 0.858. The molecule has 2 aliphatic heterocycles. The van der Waals surface area contributed by atoms with E-state index in [1.54, 1.807) is 13.1 Å². The second-order valence-electron chi connectivity index (χ2n) is 5.75. The van der Waals surface area contributed by atoms with Crippen LogP contribution in [0.25, 0.3) is 0 Å². The highest BCUT2D eigenvalue weighted by Gasteiger charge is 2.53. The lowest BCUT2D eigenvalue weighted by molar-refractivity contribution is -0.548. The Morgan fingerprint density at radius 2 is 1.96 bits per heavy atom. The molecule has 6 nitrogen and oxygen atoms in total. The van der Waals surface area contributed by atoms with Gasteiger partial charge in [0, 0.05) is 24.9 Å². The van der Waals surface area contributed by atoms with Crippen LogP contribution >= 0.6 is 23.4 Å². The van der Waals surface area contributed by atoms with Gasteiger partial charge in [-0.05, 0) is 34.5 Å². The Bertz CT molecular complexity index is 803. The summed E-state index contributed by atoms with van der Waals surface area (Å²) >= 11 is 7.44. The summed E-state index contributed by atoms with van der Waals surface area (Å²) in [7, 11) is 3.13. The fourth-order valence-electron chi connectivity index (χ4n) is 2.77. The van der Waals surface area contributed by atoms with E-state index in [9.17, 15) is 9.59 Å². The topological polar surface area (TPSA) is 56.0 Å². The summed E-state index contributed by atoms with van der Waals surface area (Å²) in [6.07, 6.45) is 1.78. The molecule has 0 aromatic heterocycles. The summed E-state index contributed by atoms with van der Waals surface area (Å²) in [4.78, 5) is 32.1. The summed E-state index contributed by atoms with van der Waals surface area (Å²) in [6, 6.07) is 6.49. The van der Waals surface area contributed by atoms with Crippen molar-refractivity contribution in [3.05, 3.63) is 47.5 Å². The molecule has 1 saturated heterocycles. The van der Waals surface area contributed by atoms with Crippen molar-refractivity contribution in [2.45, 2.75) is 12.6 Å². The minimum Gasteiger partial charge on any atom is -0.269 e. The second-order valence-corrected chi connectivity index (χ2v) is 7.17. The van der Waals surface area contributed by atoms with Crippen LogP contribution in [0.3, 0.4) is 0 Å². The highest BCUT2D eigenvalue weighted by molar-refractivity contribution is 8.13. The Hall–Kier alpha value is -2.12. The number of benzene rings is 1. The number of amides is 3. The number of imide groups is 1. The van der Waals surface area contributed by atoms with Crippen LogP contribution in [-0.4, -0.2) is 63.2 Å². The van der Waals surface area contributed by atoms with Crippen LogP contribution in [0.1, 0.15) is 5.56 Å². The number of halogens is 1. The SMILES string of the molecule is C=CCSC1=[N+](Cc2ccc(Cl)cc2)C2C(=O)N(C)C(=O)N(C)C2=N1. The largest absolute Gasteiger partial charge is 0.358 e. The number of carbonyl (C=O) groups excluding carboxylic acids is 2. The van der Waals surface area contributed by atoms with Gasteiger partial charge in [-0.3, -0.25) is 14.6 Å². The summed E-state index contributed by atoms with van der Waals surface area (Å²) in [5.41, 5.74) is 1.01. The predicted octanol–water partition coefficient (Wildman–Crippen LogP) is 2.43. The van der Waals surface area contributed by atoms with Crippen LogP contribution in [0.5, 0.6) is 0 Å². The zero-order valence-corrected chi connectivity index (χ0v) is 15.5. The molecule has 130 valence electrons. The summed E-state index contributed by atoms with van der Waals surface area (Å²) in [6.45, 7) is 4.23. The molecule has 1 atom stereocenters. The van der Waals surface area contributed by atoms with Crippen molar-refractivity contribution in [1.82, 2.24) is 9.80 Å². The lowest BCUT2D eigenvalue weighted by atomic mass is 10.1. The number of hydrogen-bond acceptors (Lipinski definition) is 4. The third-order valence-electron chi connectivity index (χ3n) is 4.09. The van der Waals surface area contributed by atoms with Crippen molar-refractivity contribution < 1.29 is 14.2 Å². The standard InChI is InChI=1S/C17H18ClN4O2S/c1-4-9-25-16-19-14-13(15(23)21(3)17(24)20(14)2)22(16)10-11-5-7-12(18)8-6-11/h4-8,13H,1,9-10H2,2-3H3/q+1. The van der Waals surface area contributed by atoms with Crippen molar-refractivity contribution >= 4 is 46.3 Å². The number of hydrogen-bond donors (Lipinski definition) is 0. The van der Waals surface area contributed by atoms with Crippen LogP contribution in [0.2, 0.25) is 5.02 Å². The van der Waals surface area contributed by atoms with E-state index >= 15 is 0 Å². The van der Waals surface area contributed by atoms with Gasteiger partial charge < -0.3 is 0 Å². The Labute approximate surface area is 155 Å². The normalized spacial score (nSPS) is 20.1. The highest BCUT2D eigenvalue weighted by atomic mass is 35.5.